The highest BCUT2D eigenvalue weighted by molar-refractivity contribution is 5.88. The maximum Gasteiger partial charge on any atom is 0.373 e. The van der Waals surface area contributed by atoms with E-state index in [1.807, 2.05) is 19.9 Å². The Bertz CT molecular complexity index is 282. The van der Waals surface area contributed by atoms with Gasteiger partial charge >= 0.3 is 5.97 Å². The number of rotatable bonds is 4. The summed E-state index contributed by atoms with van der Waals surface area (Å²) in [5.41, 5.74) is 0.496. The molecule has 0 aliphatic heterocycles. The minimum atomic E-state index is -0.453. The predicted octanol–water partition coefficient (Wildman–Crippen LogP) is 2.57. The lowest BCUT2D eigenvalue weighted by Crippen LogP contribution is -2.12. The molecule has 0 heterocycles. The molecular formula is C11H14O3. The van der Waals surface area contributed by atoms with Crippen LogP contribution in [0.2, 0.25) is 0 Å². The lowest BCUT2D eigenvalue weighted by molar-refractivity contribution is -0.270. The fraction of sp³-hybridized carbons (Fsp3) is 0.364. The maximum atomic E-state index is 11.3. The number of hydrogen-bond acceptors (Lipinski definition) is 3. The Morgan fingerprint density at radius 2 is 2.00 bits per heavy atom. The van der Waals surface area contributed by atoms with Crippen molar-refractivity contribution in [2.45, 2.75) is 26.4 Å². The van der Waals surface area contributed by atoms with Crippen LogP contribution in [0.1, 0.15) is 30.6 Å². The highest BCUT2D eigenvalue weighted by atomic mass is 17.2. The van der Waals surface area contributed by atoms with Gasteiger partial charge in [0.15, 0.2) is 0 Å². The van der Waals surface area contributed by atoms with Crippen LogP contribution in [0.15, 0.2) is 30.3 Å². The van der Waals surface area contributed by atoms with Gasteiger partial charge in [-0.25, -0.2) is 4.79 Å². The van der Waals surface area contributed by atoms with Crippen LogP contribution in [0.25, 0.3) is 0 Å². The van der Waals surface area contributed by atoms with Gasteiger partial charge in [0.25, 0.3) is 0 Å². The van der Waals surface area contributed by atoms with Crippen molar-refractivity contribution in [3.63, 3.8) is 0 Å². The summed E-state index contributed by atoms with van der Waals surface area (Å²) in [5, 5.41) is 0. The summed E-state index contributed by atoms with van der Waals surface area (Å²) < 4.78 is 0. The number of carbonyl (C=O) groups excluding carboxylic acids is 1. The average Bonchev–Trinajstić information content (AvgIpc) is 2.26. The van der Waals surface area contributed by atoms with E-state index in [2.05, 4.69) is 4.89 Å². The molecule has 0 saturated carbocycles. The van der Waals surface area contributed by atoms with Crippen molar-refractivity contribution in [2.75, 3.05) is 0 Å². The lowest BCUT2D eigenvalue weighted by atomic mass is 10.2. The first kappa shape index (κ1) is 10.7. The van der Waals surface area contributed by atoms with Gasteiger partial charge in [-0.05, 0) is 25.5 Å². The van der Waals surface area contributed by atoms with Crippen LogP contribution < -0.4 is 0 Å². The Morgan fingerprint density at radius 1 is 1.36 bits per heavy atom. The quantitative estimate of drug-likeness (QED) is 0.546. The highest BCUT2D eigenvalue weighted by Gasteiger charge is 2.08. The number of benzene rings is 1. The average molecular weight is 194 g/mol. The smallest absolute Gasteiger partial charge is 0.293 e. The zero-order chi connectivity index (χ0) is 10.4. The summed E-state index contributed by atoms with van der Waals surface area (Å²) in [6.07, 6.45) is 0.741. The summed E-state index contributed by atoms with van der Waals surface area (Å²) in [4.78, 5) is 20.8. The van der Waals surface area contributed by atoms with Crippen molar-refractivity contribution < 1.29 is 14.6 Å². The van der Waals surface area contributed by atoms with Crippen LogP contribution in [0, 0.1) is 0 Å². The molecule has 0 aliphatic rings. The van der Waals surface area contributed by atoms with E-state index in [0.717, 1.165) is 6.42 Å². The van der Waals surface area contributed by atoms with E-state index in [1.54, 1.807) is 24.3 Å². The molecule has 0 aromatic heterocycles. The van der Waals surface area contributed by atoms with Crippen molar-refractivity contribution in [1.82, 2.24) is 0 Å². The highest BCUT2D eigenvalue weighted by Crippen LogP contribution is 2.04. The van der Waals surface area contributed by atoms with Gasteiger partial charge in [0.05, 0.1) is 5.56 Å². The molecule has 1 aromatic rings. The van der Waals surface area contributed by atoms with E-state index in [4.69, 9.17) is 4.89 Å². The zero-order valence-corrected chi connectivity index (χ0v) is 8.40. The maximum absolute atomic E-state index is 11.3. The number of hydrogen-bond donors (Lipinski definition) is 0. The normalized spacial score (nSPS) is 12.1. The first-order chi connectivity index (χ1) is 6.74. The van der Waals surface area contributed by atoms with Gasteiger partial charge < -0.3 is 0 Å². The summed E-state index contributed by atoms with van der Waals surface area (Å²) >= 11 is 0. The molecule has 3 nitrogen and oxygen atoms in total. The fourth-order valence-electron chi connectivity index (χ4n) is 0.816. The van der Waals surface area contributed by atoms with E-state index < -0.39 is 5.97 Å². The third-order valence-corrected chi connectivity index (χ3v) is 1.87. The van der Waals surface area contributed by atoms with Crippen molar-refractivity contribution in [1.29, 1.82) is 0 Å². The molecular weight excluding hydrogens is 180 g/mol. The Hall–Kier alpha value is -1.35. The van der Waals surface area contributed by atoms with Crippen molar-refractivity contribution >= 4 is 5.97 Å². The first-order valence-electron chi connectivity index (χ1n) is 4.66. The second-order valence-electron chi connectivity index (χ2n) is 3.05. The lowest BCUT2D eigenvalue weighted by Gasteiger charge is -2.08. The molecule has 1 aromatic carbocycles. The van der Waals surface area contributed by atoms with Gasteiger partial charge in [0, 0.05) is 0 Å². The number of carbonyl (C=O) groups is 1. The Kier molecular flexibility index (Phi) is 4.13. The Morgan fingerprint density at radius 3 is 2.57 bits per heavy atom. The second kappa shape index (κ2) is 5.40. The third-order valence-electron chi connectivity index (χ3n) is 1.87. The van der Waals surface area contributed by atoms with Gasteiger partial charge in [-0.1, -0.05) is 25.1 Å². The Labute approximate surface area is 83.6 Å². The van der Waals surface area contributed by atoms with Crippen LogP contribution in [0.3, 0.4) is 0 Å². The van der Waals surface area contributed by atoms with Gasteiger partial charge in [-0.2, -0.15) is 4.89 Å². The van der Waals surface area contributed by atoms with Gasteiger partial charge in [-0.3, -0.25) is 4.89 Å². The summed E-state index contributed by atoms with van der Waals surface area (Å²) in [6.45, 7) is 3.80. The molecule has 0 aliphatic carbocycles. The van der Waals surface area contributed by atoms with Gasteiger partial charge in [-0.15, -0.1) is 0 Å². The summed E-state index contributed by atoms with van der Waals surface area (Å²) in [7, 11) is 0. The standard InChI is InChI=1S/C11H14O3/c1-3-9(2)13-14-11(12)10-7-5-4-6-8-10/h4-9H,3H2,1-2H3. The predicted molar refractivity (Wildman–Crippen MR) is 52.7 cm³/mol. The van der Waals surface area contributed by atoms with Crippen molar-refractivity contribution in [3.8, 4) is 0 Å². The third kappa shape index (κ3) is 3.18. The molecule has 0 fully saturated rings. The minimum absolute atomic E-state index is 0.0670. The molecule has 1 rings (SSSR count). The molecule has 1 unspecified atom stereocenters. The van der Waals surface area contributed by atoms with E-state index in [9.17, 15) is 4.79 Å². The second-order valence-corrected chi connectivity index (χ2v) is 3.05. The van der Waals surface area contributed by atoms with Crippen LogP contribution in [-0.2, 0) is 9.78 Å². The first-order valence-corrected chi connectivity index (χ1v) is 4.66. The van der Waals surface area contributed by atoms with E-state index >= 15 is 0 Å². The summed E-state index contributed by atoms with van der Waals surface area (Å²) in [5.74, 6) is -0.453. The molecule has 0 spiro atoms. The SMILES string of the molecule is CCC(C)OOC(=O)c1ccccc1. The molecule has 14 heavy (non-hydrogen) atoms. The van der Waals surface area contributed by atoms with E-state index in [-0.39, 0.29) is 6.10 Å². The molecule has 0 radical (unpaired) electrons. The van der Waals surface area contributed by atoms with Crippen LogP contribution in [-0.4, -0.2) is 12.1 Å². The molecule has 1 atom stereocenters. The zero-order valence-electron chi connectivity index (χ0n) is 8.40. The summed E-state index contributed by atoms with van der Waals surface area (Å²) in [6, 6.07) is 8.76. The fourth-order valence-corrected chi connectivity index (χ4v) is 0.816. The molecule has 0 bridgehead atoms. The van der Waals surface area contributed by atoms with Crippen LogP contribution in [0.5, 0.6) is 0 Å². The van der Waals surface area contributed by atoms with Crippen LogP contribution >= 0.6 is 0 Å². The minimum Gasteiger partial charge on any atom is -0.293 e. The molecule has 76 valence electrons. The molecule has 3 heteroatoms. The van der Waals surface area contributed by atoms with Crippen LogP contribution in [0.4, 0.5) is 0 Å². The van der Waals surface area contributed by atoms with E-state index in [1.165, 1.54) is 0 Å². The topological polar surface area (TPSA) is 35.5 Å². The van der Waals surface area contributed by atoms with Gasteiger partial charge in [0.2, 0.25) is 0 Å². The Balaban J connectivity index is 2.44. The molecule has 0 saturated heterocycles. The van der Waals surface area contributed by atoms with Crippen molar-refractivity contribution in [2.24, 2.45) is 0 Å². The van der Waals surface area contributed by atoms with E-state index in [0.29, 0.717) is 5.56 Å². The molecule has 0 N–H and O–H groups in total. The molecule has 0 amide bonds. The van der Waals surface area contributed by atoms with Gasteiger partial charge in [0.1, 0.15) is 6.10 Å². The van der Waals surface area contributed by atoms with Crippen molar-refractivity contribution in [3.05, 3.63) is 35.9 Å². The monoisotopic (exact) mass is 194 g/mol. The largest absolute Gasteiger partial charge is 0.373 e.